The molecule has 1 atom stereocenters. The summed E-state index contributed by atoms with van der Waals surface area (Å²) < 4.78 is 0. The number of rotatable bonds is 4. The van der Waals surface area contributed by atoms with Gasteiger partial charge in [-0.2, -0.15) is 0 Å². The number of carbonyl (C=O) groups is 1. The van der Waals surface area contributed by atoms with E-state index in [1.165, 1.54) is 11.3 Å². The van der Waals surface area contributed by atoms with E-state index in [-0.39, 0.29) is 0 Å². The maximum atomic E-state index is 11.2. The first-order chi connectivity index (χ1) is 8.16. The minimum absolute atomic E-state index is 0.414. The number of nitrogens with one attached hydrogen (secondary N) is 1. The van der Waals surface area contributed by atoms with Gasteiger partial charge in [0, 0.05) is 6.42 Å². The van der Waals surface area contributed by atoms with E-state index in [0.29, 0.717) is 6.42 Å². The highest BCUT2D eigenvalue weighted by molar-refractivity contribution is 5.74. The van der Waals surface area contributed by atoms with Gasteiger partial charge < -0.3 is 9.94 Å². The van der Waals surface area contributed by atoms with Crippen LogP contribution in [0.1, 0.15) is 11.1 Å². The minimum Gasteiger partial charge on any atom is -0.480 e. The lowest BCUT2D eigenvalue weighted by atomic mass is 10.0. The molecule has 0 amide bonds. The fourth-order valence-electron chi connectivity index (χ4n) is 1.75. The second-order valence-corrected chi connectivity index (χ2v) is 3.95. The molecule has 1 aliphatic rings. The third-order valence-corrected chi connectivity index (χ3v) is 2.58. The number of hydrogen-bond acceptors (Lipinski definition) is 4. The zero-order chi connectivity index (χ0) is 12.3. The monoisotopic (exact) mass is 234 g/mol. The Morgan fingerprint density at radius 1 is 1.59 bits per heavy atom. The molecule has 1 aromatic rings. The Kier molecular flexibility index (Phi) is 3.30. The Balaban J connectivity index is 2.12. The summed E-state index contributed by atoms with van der Waals surface area (Å²) in [6, 6.07) is 7.12. The molecule has 5 heteroatoms. The number of carboxylic acid groups (broad SMARTS) is 1. The average Bonchev–Trinajstić information content (AvgIpc) is 2.78. The first kappa shape index (κ1) is 11.5. The highest BCUT2D eigenvalue weighted by Crippen LogP contribution is 2.12. The highest BCUT2D eigenvalue weighted by Gasteiger charge is 2.26. The van der Waals surface area contributed by atoms with Crippen molar-refractivity contribution in [3.8, 4) is 0 Å². The van der Waals surface area contributed by atoms with E-state index in [4.69, 9.17) is 4.84 Å². The SMILES string of the molecule is Cc1cccc(CC(C(=O)O)N2C=CON2)c1. The van der Waals surface area contributed by atoms with E-state index < -0.39 is 12.0 Å². The van der Waals surface area contributed by atoms with Gasteiger partial charge in [0.25, 0.3) is 0 Å². The van der Waals surface area contributed by atoms with Crippen LogP contribution < -0.4 is 5.59 Å². The maximum Gasteiger partial charge on any atom is 0.328 e. The quantitative estimate of drug-likeness (QED) is 0.820. The summed E-state index contributed by atoms with van der Waals surface area (Å²) >= 11 is 0. The smallest absolute Gasteiger partial charge is 0.328 e. The standard InChI is InChI=1S/C12H14N2O3/c1-9-3-2-4-10(7-9)8-11(12(15)16)14-5-6-17-13-14/h2-7,11,13H,8H2,1H3,(H,15,16). The highest BCUT2D eigenvalue weighted by atomic mass is 16.7. The normalized spacial score (nSPS) is 15.7. The molecule has 1 heterocycles. The molecule has 2 rings (SSSR count). The van der Waals surface area contributed by atoms with Gasteiger partial charge >= 0.3 is 5.97 Å². The van der Waals surface area contributed by atoms with E-state index in [1.54, 1.807) is 6.20 Å². The van der Waals surface area contributed by atoms with Crippen molar-refractivity contribution in [3.05, 3.63) is 47.9 Å². The number of nitrogens with zero attached hydrogens (tertiary/aromatic N) is 1. The number of aliphatic carboxylic acids is 1. The van der Waals surface area contributed by atoms with Crippen LogP contribution in [0.4, 0.5) is 0 Å². The van der Waals surface area contributed by atoms with E-state index in [0.717, 1.165) is 11.1 Å². The van der Waals surface area contributed by atoms with Gasteiger partial charge in [0.05, 0.1) is 6.20 Å². The molecule has 0 aliphatic carbocycles. The largest absolute Gasteiger partial charge is 0.480 e. The lowest BCUT2D eigenvalue weighted by Gasteiger charge is -2.22. The first-order valence-electron chi connectivity index (χ1n) is 5.31. The third-order valence-electron chi connectivity index (χ3n) is 2.58. The number of aryl methyl sites for hydroxylation is 1. The van der Waals surface area contributed by atoms with Crippen molar-refractivity contribution in [1.29, 1.82) is 0 Å². The molecular weight excluding hydrogens is 220 g/mol. The predicted octanol–water partition coefficient (Wildman–Crippen LogP) is 1.21. The van der Waals surface area contributed by atoms with Crippen molar-refractivity contribution in [2.45, 2.75) is 19.4 Å². The molecule has 0 saturated heterocycles. The van der Waals surface area contributed by atoms with Crippen molar-refractivity contribution in [2.24, 2.45) is 0 Å². The van der Waals surface area contributed by atoms with Crippen molar-refractivity contribution < 1.29 is 14.7 Å². The molecular formula is C12H14N2O3. The summed E-state index contributed by atoms with van der Waals surface area (Å²) in [6.45, 7) is 1.98. The van der Waals surface area contributed by atoms with Crippen LogP contribution in [0.25, 0.3) is 0 Å². The lowest BCUT2D eigenvalue weighted by Crippen LogP contribution is -2.44. The van der Waals surface area contributed by atoms with E-state index >= 15 is 0 Å². The van der Waals surface area contributed by atoms with Crippen molar-refractivity contribution in [1.82, 2.24) is 10.6 Å². The predicted molar refractivity (Wildman–Crippen MR) is 61.5 cm³/mol. The first-order valence-corrected chi connectivity index (χ1v) is 5.31. The Labute approximate surface area is 99.2 Å². The summed E-state index contributed by atoms with van der Waals surface area (Å²) in [5.41, 5.74) is 4.62. The molecule has 1 aromatic carbocycles. The molecule has 0 bridgehead atoms. The number of hydrazine groups is 1. The van der Waals surface area contributed by atoms with Crippen LogP contribution in [0.15, 0.2) is 36.7 Å². The van der Waals surface area contributed by atoms with E-state index in [2.05, 4.69) is 5.59 Å². The topological polar surface area (TPSA) is 61.8 Å². The van der Waals surface area contributed by atoms with Gasteiger partial charge in [-0.25, -0.2) is 4.79 Å². The Morgan fingerprint density at radius 3 is 3.00 bits per heavy atom. The zero-order valence-electron chi connectivity index (χ0n) is 9.46. The van der Waals surface area contributed by atoms with Gasteiger partial charge in [-0.15, -0.1) is 0 Å². The van der Waals surface area contributed by atoms with Gasteiger partial charge in [0.15, 0.2) is 0 Å². The van der Waals surface area contributed by atoms with Gasteiger partial charge in [-0.3, -0.25) is 5.01 Å². The van der Waals surface area contributed by atoms with Crippen LogP contribution in [0, 0.1) is 6.92 Å². The van der Waals surface area contributed by atoms with Crippen LogP contribution in [-0.4, -0.2) is 22.1 Å². The minimum atomic E-state index is -0.894. The van der Waals surface area contributed by atoms with Crippen molar-refractivity contribution in [3.63, 3.8) is 0 Å². The van der Waals surface area contributed by atoms with Crippen LogP contribution in [-0.2, 0) is 16.1 Å². The summed E-state index contributed by atoms with van der Waals surface area (Å²) in [4.78, 5) is 16.0. The van der Waals surface area contributed by atoms with Crippen LogP contribution in [0.3, 0.4) is 0 Å². The molecule has 5 nitrogen and oxygen atoms in total. The third kappa shape index (κ3) is 2.76. The Bertz CT molecular complexity index is 445. The molecule has 0 aromatic heterocycles. The second-order valence-electron chi connectivity index (χ2n) is 3.95. The van der Waals surface area contributed by atoms with Gasteiger partial charge in [-0.1, -0.05) is 35.4 Å². The van der Waals surface area contributed by atoms with Crippen LogP contribution in [0.2, 0.25) is 0 Å². The maximum absolute atomic E-state index is 11.2. The van der Waals surface area contributed by atoms with Crippen LogP contribution >= 0.6 is 0 Å². The van der Waals surface area contributed by atoms with Gasteiger partial charge in [0.1, 0.15) is 12.3 Å². The number of benzene rings is 1. The molecule has 0 fully saturated rings. The summed E-state index contributed by atoms with van der Waals surface area (Å²) in [7, 11) is 0. The van der Waals surface area contributed by atoms with Gasteiger partial charge in [0.2, 0.25) is 0 Å². The van der Waals surface area contributed by atoms with Crippen LogP contribution in [0.5, 0.6) is 0 Å². The molecule has 1 unspecified atom stereocenters. The lowest BCUT2D eigenvalue weighted by molar-refractivity contribution is -0.145. The molecule has 0 saturated carbocycles. The molecule has 17 heavy (non-hydrogen) atoms. The van der Waals surface area contributed by atoms with E-state index in [1.807, 2.05) is 31.2 Å². The number of hydrogen-bond donors (Lipinski definition) is 2. The average molecular weight is 234 g/mol. The molecule has 90 valence electrons. The Hall–Kier alpha value is -2.01. The molecule has 1 aliphatic heterocycles. The summed E-state index contributed by atoms with van der Waals surface area (Å²) in [5.74, 6) is -0.894. The second kappa shape index (κ2) is 4.88. The van der Waals surface area contributed by atoms with Gasteiger partial charge in [-0.05, 0) is 12.5 Å². The zero-order valence-corrected chi connectivity index (χ0v) is 9.46. The number of carboxylic acids is 1. The summed E-state index contributed by atoms with van der Waals surface area (Å²) in [5, 5.41) is 10.6. The fraction of sp³-hybridized carbons (Fsp3) is 0.250. The Morgan fingerprint density at radius 2 is 2.41 bits per heavy atom. The van der Waals surface area contributed by atoms with E-state index in [9.17, 15) is 9.90 Å². The van der Waals surface area contributed by atoms with Crippen molar-refractivity contribution in [2.75, 3.05) is 0 Å². The fourth-order valence-corrected chi connectivity index (χ4v) is 1.75. The molecule has 0 radical (unpaired) electrons. The summed E-state index contributed by atoms with van der Waals surface area (Å²) in [6.07, 6.45) is 3.39. The molecule has 2 N–H and O–H groups in total. The molecule has 0 spiro atoms. The van der Waals surface area contributed by atoms with Crippen molar-refractivity contribution >= 4 is 5.97 Å².